The molecular weight excluding hydrogens is 244 g/mol. The van der Waals surface area contributed by atoms with E-state index in [0.29, 0.717) is 13.1 Å². The Hall–Kier alpha value is -1.14. The predicted octanol–water partition coefficient (Wildman–Crippen LogP) is -0.0340. The van der Waals surface area contributed by atoms with E-state index in [-0.39, 0.29) is 6.61 Å². The van der Waals surface area contributed by atoms with E-state index in [2.05, 4.69) is 34.5 Å². The second-order valence-corrected chi connectivity index (χ2v) is 4.73. The Morgan fingerprint density at radius 3 is 2.53 bits per heavy atom. The van der Waals surface area contributed by atoms with Crippen molar-refractivity contribution in [1.82, 2.24) is 5.32 Å². The van der Waals surface area contributed by atoms with Gasteiger partial charge in [-0.3, -0.25) is 0 Å². The van der Waals surface area contributed by atoms with Crippen molar-refractivity contribution in [1.29, 1.82) is 0 Å². The zero-order chi connectivity index (χ0) is 13.5. The van der Waals surface area contributed by atoms with Crippen LogP contribution in [-0.4, -0.2) is 55.8 Å². The van der Waals surface area contributed by atoms with E-state index in [4.69, 9.17) is 9.84 Å². The maximum Gasteiger partial charge on any atom is 0.0895 e. The first kappa shape index (κ1) is 14.3. The molecule has 0 amide bonds. The fourth-order valence-corrected chi connectivity index (χ4v) is 2.09. The van der Waals surface area contributed by atoms with Crippen LogP contribution in [-0.2, 0) is 11.3 Å². The molecule has 1 aromatic rings. The molecule has 1 atom stereocenters. The quantitative estimate of drug-likeness (QED) is 0.674. The second kappa shape index (κ2) is 7.45. The predicted molar refractivity (Wildman–Crippen MR) is 74.3 cm³/mol. The number of benzene rings is 1. The Kier molecular flexibility index (Phi) is 5.60. The third-order valence-corrected chi connectivity index (χ3v) is 3.23. The lowest BCUT2D eigenvalue weighted by molar-refractivity contribution is 0.0942. The molecule has 1 saturated heterocycles. The number of anilines is 1. The van der Waals surface area contributed by atoms with Crippen molar-refractivity contribution in [2.45, 2.75) is 12.6 Å². The molecule has 2 rings (SSSR count). The van der Waals surface area contributed by atoms with Gasteiger partial charge in [-0.25, -0.2) is 0 Å². The largest absolute Gasteiger partial charge is 0.394 e. The van der Waals surface area contributed by atoms with E-state index < -0.39 is 6.10 Å². The molecule has 3 N–H and O–H groups in total. The minimum absolute atomic E-state index is 0.205. The third-order valence-electron chi connectivity index (χ3n) is 3.23. The zero-order valence-corrected chi connectivity index (χ0v) is 11.1. The summed E-state index contributed by atoms with van der Waals surface area (Å²) in [6.07, 6.45) is -0.687. The summed E-state index contributed by atoms with van der Waals surface area (Å²) in [7, 11) is 0. The Morgan fingerprint density at radius 1 is 1.21 bits per heavy atom. The summed E-state index contributed by atoms with van der Waals surface area (Å²) >= 11 is 0. The Bertz CT molecular complexity index is 363. The molecule has 5 nitrogen and oxygen atoms in total. The first-order chi connectivity index (χ1) is 9.29. The molecule has 1 heterocycles. The van der Waals surface area contributed by atoms with Crippen LogP contribution >= 0.6 is 0 Å². The molecule has 1 unspecified atom stereocenters. The topological polar surface area (TPSA) is 65.0 Å². The summed E-state index contributed by atoms with van der Waals surface area (Å²) in [5, 5.41) is 21.0. The minimum Gasteiger partial charge on any atom is -0.394 e. The van der Waals surface area contributed by atoms with E-state index in [0.717, 1.165) is 26.3 Å². The van der Waals surface area contributed by atoms with Gasteiger partial charge < -0.3 is 25.2 Å². The standard InChI is InChI=1S/C14H22N2O3/c17-11-14(18)10-15-9-12-1-3-13(4-2-12)16-5-7-19-8-6-16/h1-4,14-15,17-18H,5-11H2. The number of rotatable bonds is 6. The van der Waals surface area contributed by atoms with Gasteiger partial charge in [0.05, 0.1) is 25.9 Å². The molecule has 106 valence electrons. The average Bonchev–Trinajstić information content (AvgIpc) is 2.48. The van der Waals surface area contributed by atoms with E-state index in [1.165, 1.54) is 11.3 Å². The molecule has 1 aliphatic rings. The summed E-state index contributed by atoms with van der Waals surface area (Å²) in [6, 6.07) is 8.40. The lowest BCUT2D eigenvalue weighted by Crippen LogP contribution is -2.36. The Morgan fingerprint density at radius 2 is 1.89 bits per heavy atom. The molecule has 0 radical (unpaired) electrons. The van der Waals surface area contributed by atoms with Crippen LogP contribution in [0.3, 0.4) is 0 Å². The SMILES string of the molecule is OCC(O)CNCc1ccc(N2CCOCC2)cc1. The lowest BCUT2D eigenvalue weighted by Gasteiger charge is -2.28. The molecule has 1 fully saturated rings. The lowest BCUT2D eigenvalue weighted by atomic mass is 10.2. The van der Waals surface area contributed by atoms with Crippen LogP contribution in [0.2, 0.25) is 0 Å². The molecule has 0 spiro atoms. The summed E-state index contributed by atoms with van der Waals surface area (Å²) in [6.45, 7) is 4.37. The maximum absolute atomic E-state index is 9.22. The van der Waals surface area contributed by atoms with E-state index in [1.807, 2.05) is 0 Å². The van der Waals surface area contributed by atoms with Crippen molar-refractivity contribution < 1.29 is 14.9 Å². The Balaban J connectivity index is 1.80. The highest BCUT2D eigenvalue weighted by atomic mass is 16.5. The highest BCUT2D eigenvalue weighted by molar-refractivity contribution is 5.47. The van der Waals surface area contributed by atoms with Crippen LogP contribution in [0, 0.1) is 0 Å². The number of nitrogens with zero attached hydrogens (tertiary/aromatic N) is 1. The number of ether oxygens (including phenoxy) is 1. The van der Waals surface area contributed by atoms with E-state index in [1.54, 1.807) is 0 Å². The fraction of sp³-hybridized carbons (Fsp3) is 0.571. The van der Waals surface area contributed by atoms with Crippen molar-refractivity contribution in [3.63, 3.8) is 0 Å². The molecule has 0 aromatic heterocycles. The number of morpholine rings is 1. The summed E-state index contributed by atoms with van der Waals surface area (Å²) < 4.78 is 5.34. The van der Waals surface area contributed by atoms with Crippen LogP contribution in [0.1, 0.15) is 5.56 Å². The molecule has 1 aromatic carbocycles. The van der Waals surface area contributed by atoms with Crippen LogP contribution in [0.5, 0.6) is 0 Å². The van der Waals surface area contributed by atoms with Crippen LogP contribution < -0.4 is 10.2 Å². The van der Waals surface area contributed by atoms with E-state index in [9.17, 15) is 5.11 Å². The van der Waals surface area contributed by atoms with Gasteiger partial charge in [0.25, 0.3) is 0 Å². The molecule has 0 bridgehead atoms. The van der Waals surface area contributed by atoms with Crippen molar-refractivity contribution in [2.75, 3.05) is 44.4 Å². The number of nitrogens with one attached hydrogen (secondary N) is 1. The number of aliphatic hydroxyl groups is 2. The summed E-state index contributed by atoms with van der Waals surface area (Å²) in [4.78, 5) is 2.32. The van der Waals surface area contributed by atoms with Gasteiger partial charge in [-0.05, 0) is 17.7 Å². The number of hydrogen-bond donors (Lipinski definition) is 3. The van der Waals surface area contributed by atoms with Crippen molar-refractivity contribution in [3.05, 3.63) is 29.8 Å². The first-order valence-electron chi connectivity index (χ1n) is 6.71. The Labute approximate surface area is 113 Å². The van der Waals surface area contributed by atoms with E-state index >= 15 is 0 Å². The van der Waals surface area contributed by atoms with Gasteiger partial charge in [-0.15, -0.1) is 0 Å². The maximum atomic E-state index is 9.22. The molecule has 1 aliphatic heterocycles. The van der Waals surface area contributed by atoms with Gasteiger partial charge in [0.1, 0.15) is 0 Å². The monoisotopic (exact) mass is 266 g/mol. The molecule has 0 aliphatic carbocycles. The van der Waals surface area contributed by atoms with Crippen LogP contribution in [0.25, 0.3) is 0 Å². The smallest absolute Gasteiger partial charge is 0.0895 e. The third kappa shape index (κ3) is 4.47. The van der Waals surface area contributed by atoms with Gasteiger partial charge in [-0.2, -0.15) is 0 Å². The molecular formula is C14H22N2O3. The molecule has 0 saturated carbocycles. The summed E-state index contributed by atoms with van der Waals surface area (Å²) in [5.41, 5.74) is 2.39. The molecule has 5 heteroatoms. The summed E-state index contributed by atoms with van der Waals surface area (Å²) in [5.74, 6) is 0. The number of aliphatic hydroxyl groups excluding tert-OH is 2. The zero-order valence-electron chi connectivity index (χ0n) is 11.1. The highest BCUT2D eigenvalue weighted by Crippen LogP contribution is 2.16. The van der Waals surface area contributed by atoms with Gasteiger partial charge >= 0.3 is 0 Å². The van der Waals surface area contributed by atoms with Crippen LogP contribution in [0.4, 0.5) is 5.69 Å². The fourth-order valence-electron chi connectivity index (χ4n) is 2.09. The normalized spacial score (nSPS) is 17.5. The van der Waals surface area contributed by atoms with Gasteiger partial charge in [-0.1, -0.05) is 12.1 Å². The minimum atomic E-state index is -0.687. The molecule has 19 heavy (non-hydrogen) atoms. The highest BCUT2D eigenvalue weighted by Gasteiger charge is 2.10. The van der Waals surface area contributed by atoms with Crippen molar-refractivity contribution in [3.8, 4) is 0 Å². The number of hydrogen-bond acceptors (Lipinski definition) is 5. The van der Waals surface area contributed by atoms with Crippen molar-refractivity contribution >= 4 is 5.69 Å². The average molecular weight is 266 g/mol. The van der Waals surface area contributed by atoms with Crippen molar-refractivity contribution in [2.24, 2.45) is 0 Å². The van der Waals surface area contributed by atoms with Gasteiger partial charge in [0.2, 0.25) is 0 Å². The second-order valence-electron chi connectivity index (χ2n) is 4.73. The van der Waals surface area contributed by atoms with Crippen LogP contribution in [0.15, 0.2) is 24.3 Å². The van der Waals surface area contributed by atoms with Gasteiger partial charge in [0.15, 0.2) is 0 Å². The first-order valence-corrected chi connectivity index (χ1v) is 6.71. The van der Waals surface area contributed by atoms with Gasteiger partial charge in [0, 0.05) is 31.9 Å².